The first-order chi connectivity index (χ1) is 34.4. The van der Waals surface area contributed by atoms with Gasteiger partial charge in [-0.15, -0.1) is 5.10 Å². The number of nitrogens with zero attached hydrogens (tertiary/aromatic N) is 4. The molecular weight excluding hydrogens is 947 g/mol. The van der Waals surface area contributed by atoms with Crippen molar-refractivity contribution < 1.29 is 73.2 Å². The molecule has 20 heteroatoms. The standard InChI is InChI=1S/C53H87N5O15/c1-14-40-53(10,65)46(62)32(4)43(60)30(2)26-52(9,68-13)48(33(5)45(34(6)49(64)71-40)72-42-27-51(8,67-12)47(63)35(7)70-42)73-50-44(61)39(25-31(3)69-50)57(11)28-36-21-18-19-22-37(36)38-29-58(56-54-38)24-20-16-15-17-23-41(59)55-66/h18-19,21-22,29-35,39-40,42,44-48,50,61-63,65-66H,14-17,20,23-28H2,1-13H3,(H,55,59)/t30-,31-,32+,33+,34-,35+,39+,40-,42+,44-,45+,46-,47+,48-,50+,51-,52-,53-/m1/s1. The molecule has 0 bridgehead atoms. The number of hydrogen-bond donors (Lipinski definition) is 6. The van der Waals surface area contributed by atoms with Gasteiger partial charge in [0.15, 0.2) is 12.6 Å². The van der Waals surface area contributed by atoms with E-state index in [2.05, 4.69) is 15.2 Å². The van der Waals surface area contributed by atoms with Crippen LogP contribution in [0.25, 0.3) is 11.3 Å². The molecule has 1 aromatic carbocycles. The first kappa shape index (κ1) is 60.4. The molecule has 414 valence electrons. The third kappa shape index (κ3) is 14.3. The average molecular weight is 1030 g/mol. The molecule has 5 rings (SSSR count). The summed E-state index contributed by atoms with van der Waals surface area (Å²) >= 11 is 0. The number of carbonyl (C=O) groups is 3. The number of nitrogens with one attached hydrogen (secondary N) is 1. The van der Waals surface area contributed by atoms with Crippen molar-refractivity contribution in [2.75, 3.05) is 21.3 Å². The van der Waals surface area contributed by atoms with Crippen LogP contribution >= 0.6 is 0 Å². The Morgan fingerprint density at radius 2 is 1.58 bits per heavy atom. The molecule has 0 aliphatic carbocycles. The first-order valence-electron chi connectivity index (χ1n) is 26.2. The molecule has 0 saturated carbocycles. The van der Waals surface area contributed by atoms with Gasteiger partial charge in [-0.2, -0.15) is 0 Å². The molecule has 1 aromatic heterocycles. The monoisotopic (exact) mass is 1030 g/mol. The van der Waals surface area contributed by atoms with E-state index >= 15 is 0 Å². The van der Waals surface area contributed by atoms with Gasteiger partial charge in [-0.3, -0.25) is 29.2 Å². The third-order valence-electron chi connectivity index (χ3n) is 16.1. The summed E-state index contributed by atoms with van der Waals surface area (Å²) in [4.78, 5) is 42.2. The van der Waals surface area contributed by atoms with Crippen molar-refractivity contribution >= 4 is 17.7 Å². The summed E-state index contributed by atoms with van der Waals surface area (Å²) in [5.74, 6) is -5.19. The molecule has 3 fully saturated rings. The second kappa shape index (κ2) is 26.0. The fraction of sp³-hybridized carbons (Fsp3) is 0.792. The van der Waals surface area contributed by atoms with Crippen molar-refractivity contribution in [1.29, 1.82) is 0 Å². The molecule has 1 amide bonds. The van der Waals surface area contributed by atoms with Crippen molar-refractivity contribution in [1.82, 2.24) is 25.4 Å². The number of rotatable bonds is 18. The number of ether oxygens (including phenoxy) is 7. The van der Waals surface area contributed by atoms with Crippen molar-refractivity contribution in [2.24, 2.45) is 23.7 Å². The van der Waals surface area contributed by atoms with Crippen LogP contribution in [0.5, 0.6) is 0 Å². The molecule has 0 radical (unpaired) electrons. The zero-order chi connectivity index (χ0) is 54.2. The van der Waals surface area contributed by atoms with Crippen LogP contribution in [0.3, 0.4) is 0 Å². The number of methoxy groups -OCH3 is 2. The van der Waals surface area contributed by atoms with Gasteiger partial charge in [0.25, 0.3) is 0 Å². The van der Waals surface area contributed by atoms with Crippen LogP contribution in [-0.2, 0) is 60.6 Å². The normalized spacial score (nSPS) is 38.2. The average Bonchev–Trinajstić information content (AvgIpc) is 3.84. The highest BCUT2D eigenvalue weighted by Gasteiger charge is 2.54. The maximum atomic E-state index is 14.5. The predicted molar refractivity (Wildman–Crippen MR) is 267 cm³/mol. The minimum atomic E-state index is -2.01. The van der Waals surface area contributed by atoms with Crippen LogP contribution in [0.2, 0.25) is 0 Å². The maximum absolute atomic E-state index is 14.5. The first-order valence-corrected chi connectivity index (χ1v) is 26.2. The van der Waals surface area contributed by atoms with Gasteiger partial charge < -0.3 is 53.6 Å². The lowest BCUT2D eigenvalue weighted by Gasteiger charge is -2.50. The Kier molecular flexibility index (Phi) is 21.5. The number of unbranched alkanes of at least 4 members (excludes halogenated alkanes) is 3. The number of hydroxylamine groups is 1. The van der Waals surface area contributed by atoms with Gasteiger partial charge in [0.2, 0.25) is 5.91 Å². The van der Waals surface area contributed by atoms with Gasteiger partial charge >= 0.3 is 5.97 Å². The highest BCUT2D eigenvalue weighted by molar-refractivity contribution is 5.83. The largest absolute Gasteiger partial charge is 0.459 e. The van der Waals surface area contributed by atoms with E-state index < -0.39 is 120 Å². The summed E-state index contributed by atoms with van der Waals surface area (Å²) in [5.41, 5.74) is -0.232. The summed E-state index contributed by atoms with van der Waals surface area (Å²) < 4.78 is 46.8. The Bertz CT molecular complexity index is 2090. The highest BCUT2D eigenvalue weighted by atomic mass is 16.7. The molecule has 6 N–H and O–H groups in total. The van der Waals surface area contributed by atoms with Crippen LogP contribution in [0.1, 0.15) is 133 Å². The number of cyclic esters (lactones) is 1. The number of ketones is 1. The van der Waals surface area contributed by atoms with Gasteiger partial charge in [-0.05, 0) is 86.3 Å². The molecule has 3 aliphatic heterocycles. The van der Waals surface area contributed by atoms with Crippen LogP contribution in [0.4, 0.5) is 0 Å². The minimum Gasteiger partial charge on any atom is -0.459 e. The zero-order valence-electron chi connectivity index (χ0n) is 45.4. The smallest absolute Gasteiger partial charge is 0.311 e. The number of benzene rings is 1. The SMILES string of the molecule is CC[C@H]1OC(=O)[C@H](C)[C@@H](O[C@H]2C[C@@](C)(OC)[C@@H](O)[C@H](C)O2)[C@H](C)[C@@H](O[C@@H]2O[C@H](C)C[C@H](N(C)Cc3ccccc3-c3cn(CCCCCCC(=O)NO)nn3)[C@H]2O)[C@](C)(OC)C[C@@H](C)C(=O)[C@H](C)[C@@H](O)[C@]1(C)O. The van der Waals surface area contributed by atoms with Gasteiger partial charge in [0.1, 0.15) is 35.4 Å². The summed E-state index contributed by atoms with van der Waals surface area (Å²) in [6.45, 7) is 18.1. The van der Waals surface area contributed by atoms with E-state index in [4.69, 9.17) is 38.4 Å². The van der Waals surface area contributed by atoms with E-state index in [1.165, 1.54) is 21.1 Å². The molecule has 4 heterocycles. The quantitative estimate of drug-likeness (QED) is 0.0510. The Labute approximate surface area is 431 Å². The number of carbonyl (C=O) groups excluding carboxylic acids is 3. The number of aryl methyl sites for hydroxylation is 1. The number of likely N-dealkylation sites (N-methyl/N-ethyl adjacent to an activating group) is 1. The molecule has 20 nitrogen and oxygen atoms in total. The predicted octanol–water partition coefficient (Wildman–Crippen LogP) is 4.72. The molecule has 3 aliphatic rings. The summed E-state index contributed by atoms with van der Waals surface area (Å²) in [6.07, 6.45) is -4.39. The third-order valence-corrected chi connectivity index (χ3v) is 16.1. The zero-order valence-corrected chi connectivity index (χ0v) is 45.4. The van der Waals surface area contributed by atoms with Crippen LogP contribution in [0.15, 0.2) is 30.5 Å². The van der Waals surface area contributed by atoms with E-state index in [9.17, 15) is 34.8 Å². The number of amides is 1. The van der Waals surface area contributed by atoms with Crippen molar-refractivity contribution in [2.45, 2.75) is 224 Å². The molecular formula is C53H87N5O15. The van der Waals surface area contributed by atoms with E-state index in [0.717, 1.165) is 30.4 Å². The Balaban J connectivity index is 1.47. The Morgan fingerprint density at radius 3 is 2.23 bits per heavy atom. The summed E-state index contributed by atoms with van der Waals surface area (Å²) in [7, 11) is 4.93. The molecule has 0 unspecified atom stereocenters. The number of Topliss-reactive ketones (excluding diaryl/α,β-unsaturated/α-hetero) is 1. The van der Waals surface area contributed by atoms with E-state index in [1.807, 2.05) is 51.4 Å². The summed E-state index contributed by atoms with van der Waals surface area (Å²) in [6, 6.07) is 7.41. The lowest BCUT2D eigenvalue weighted by Crippen LogP contribution is -2.61. The van der Waals surface area contributed by atoms with Gasteiger partial charge in [0.05, 0.1) is 53.8 Å². The molecule has 73 heavy (non-hydrogen) atoms. The van der Waals surface area contributed by atoms with Crippen LogP contribution < -0.4 is 5.48 Å². The fourth-order valence-corrected chi connectivity index (χ4v) is 11.3. The Hall–Kier alpha value is -3.51. The second-order valence-electron chi connectivity index (χ2n) is 21.8. The van der Waals surface area contributed by atoms with Gasteiger partial charge in [-0.25, -0.2) is 5.48 Å². The maximum Gasteiger partial charge on any atom is 0.311 e. The Morgan fingerprint density at radius 1 is 0.904 bits per heavy atom. The lowest BCUT2D eigenvalue weighted by atomic mass is 9.74. The topological polar surface area (TPSA) is 263 Å². The number of aromatic nitrogens is 3. The molecule has 2 aromatic rings. The van der Waals surface area contributed by atoms with E-state index in [1.54, 1.807) is 58.6 Å². The van der Waals surface area contributed by atoms with Crippen molar-refractivity contribution in [3.05, 3.63) is 36.0 Å². The molecule has 3 saturated heterocycles. The van der Waals surface area contributed by atoms with Crippen LogP contribution in [-0.4, -0.2) is 169 Å². The van der Waals surface area contributed by atoms with E-state index in [-0.39, 0.29) is 31.5 Å². The lowest BCUT2D eigenvalue weighted by molar-refractivity contribution is -0.319. The van der Waals surface area contributed by atoms with Crippen molar-refractivity contribution in [3.63, 3.8) is 0 Å². The second-order valence-corrected chi connectivity index (χ2v) is 21.8. The van der Waals surface area contributed by atoms with E-state index in [0.29, 0.717) is 31.6 Å². The number of aliphatic hydroxyl groups excluding tert-OH is 3. The van der Waals surface area contributed by atoms with Gasteiger partial charge in [0, 0.05) is 69.5 Å². The molecule has 0 spiro atoms. The fourth-order valence-electron chi connectivity index (χ4n) is 11.3. The van der Waals surface area contributed by atoms with Crippen LogP contribution in [0, 0.1) is 23.7 Å². The summed E-state index contributed by atoms with van der Waals surface area (Å²) in [5, 5.41) is 64.7. The van der Waals surface area contributed by atoms with Crippen molar-refractivity contribution in [3.8, 4) is 11.3 Å². The number of aliphatic hydroxyl groups is 4. The molecule has 18 atom stereocenters. The minimum absolute atomic E-state index is 0.0544. The van der Waals surface area contributed by atoms with Gasteiger partial charge in [-0.1, -0.05) is 70.0 Å². The number of hydrogen-bond acceptors (Lipinski definition) is 18. The number of esters is 1. The highest BCUT2D eigenvalue weighted by Crippen LogP contribution is 2.42.